The Bertz CT molecular complexity index is 734. The molecule has 1 atom stereocenters. The second-order valence-electron chi connectivity index (χ2n) is 6.37. The Hall–Kier alpha value is -1.15. The highest BCUT2D eigenvalue weighted by Gasteiger charge is 2.38. The second kappa shape index (κ2) is 7.00. The second-order valence-corrected chi connectivity index (χ2v) is 8.37. The molecule has 134 valence electrons. The summed E-state index contributed by atoms with van der Waals surface area (Å²) >= 11 is 0. The third kappa shape index (κ3) is 3.31. The number of likely N-dealkylation sites (N-methyl/N-ethyl adjacent to an activating group) is 1. The molecule has 1 aliphatic heterocycles. The number of amides is 1. The lowest BCUT2D eigenvalue weighted by atomic mass is 10.2. The first-order chi connectivity index (χ1) is 10.9. The Morgan fingerprint density at radius 3 is 2.62 bits per heavy atom. The predicted octanol–water partition coefficient (Wildman–Crippen LogP) is 1.38. The van der Waals surface area contributed by atoms with Crippen molar-refractivity contribution in [3.63, 3.8) is 0 Å². The van der Waals surface area contributed by atoms with Gasteiger partial charge in [-0.15, -0.1) is 12.4 Å². The van der Waals surface area contributed by atoms with Crippen LogP contribution in [-0.2, 0) is 21.2 Å². The van der Waals surface area contributed by atoms with Crippen molar-refractivity contribution >= 4 is 34.0 Å². The van der Waals surface area contributed by atoms with Crippen molar-refractivity contribution in [1.29, 1.82) is 0 Å². The van der Waals surface area contributed by atoms with Crippen molar-refractivity contribution in [3.8, 4) is 0 Å². The molecule has 1 aliphatic carbocycles. The van der Waals surface area contributed by atoms with Crippen LogP contribution in [0.15, 0.2) is 23.1 Å². The van der Waals surface area contributed by atoms with Gasteiger partial charge in [-0.25, -0.2) is 8.42 Å². The maximum Gasteiger partial charge on any atom is 0.243 e. The van der Waals surface area contributed by atoms with Gasteiger partial charge in [-0.05, 0) is 48.9 Å². The molecular weight excluding hydrogens is 350 g/mol. The largest absolute Gasteiger partial charge is 0.329 e. The lowest BCUT2D eigenvalue weighted by molar-refractivity contribution is -0.116. The Balaban J connectivity index is 0.00000208. The van der Waals surface area contributed by atoms with Gasteiger partial charge in [0.05, 0.1) is 4.90 Å². The minimum Gasteiger partial charge on any atom is -0.329 e. The molecule has 1 heterocycles. The number of benzene rings is 1. The number of halogens is 1. The van der Waals surface area contributed by atoms with Crippen LogP contribution in [-0.4, -0.2) is 44.8 Å². The number of sulfonamides is 1. The van der Waals surface area contributed by atoms with E-state index in [1.54, 1.807) is 30.1 Å². The summed E-state index contributed by atoms with van der Waals surface area (Å²) in [5.41, 5.74) is 7.50. The van der Waals surface area contributed by atoms with Gasteiger partial charge >= 0.3 is 0 Å². The number of hydrogen-bond donors (Lipinski definition) is 1. The van der Waals surface area contributed by atoms with E-state index >= 15 is 0 Å². The highest BCUT2D eigenvalue weighted by molar-refractivity contribution is 7.89. The summed E-state index contributed by atoms with van der Waals surface area (Å²) in [6, 6.07) is 4.89. The fourth-order valence-electron chi connectivity index (χ4n) is 3.33. The van der Waals surface area contributed by atoms with Crippen molar-refractivity contribution in [2.75, 3.05) is 25.0 Å². The lowest BCUT2D eigenvalue weighted by Crippen LogP contribution is -2.43. The standard InChI is InChI=1S/C16H23N3O3S.ClH/c1-11(20)19-8-7-13-9-14(5-6-15(13)19)23(21,22)18(2)16(10-17)12-3-4-12;/h5-6,9,12,16H,3-4,7-8,10,17H2,1-2H3;1H. The van der Waals surface area contributed by atoms with Crippen LogP contribution in [0.3, 0.4) is 0 Å². The van der Waals surface area contributed by atoms with Crippen LogP contribution in [0.5, 0.6) is 0 Å². The van der Waals surface area contributed by atoms with Gasteiger partial charge in [0.1, 0.15) is 0 Å². The molecule has 0 saturated heterocycles. The summed E-state index contributed by atoms with van der Waals surface area (Å²) in [5, 5.41) is 0. The summed E-state index contributed by atoms with van der Waals surface area (Å²) in [4.78, 5) is 13.6. The zero-order chi connectivity index (χ0) is 16.8. The monoisotopic (exact) mass is 373 g/mol. The van der Waals surface area contributed by atoms with Gasteiger partial charge in [-0.3, -0.25) is 4.79 Å². The van der Waals surface area contributed by atoms with Gasteiger partial charge in [0, 0.05) is 38.8 Å². The molecule has 2 N–H and O–H groups in total. The first kappa shape index (κ1) is 19.2. The Labute approximate surface area is 149 Å². The van der Waals surface area contributed by atoms with Crippen molar-refractivity contribution in [1.82, 2.24) is 4.31 Å². The van der Waals surface area contributed by atoms with Crippen LogP contribution in [0.4, 0.5) is 5.69 Å². The number of carbonyl (C=O) groups excluding carboxylic acids is 1. The van der Waals surface area contributed by atoms with E-state index in [0.29, 0.717) is 25.4 Å². The van der Waals surface area contributed by atoms with Gasteiger partial charge in [0.2, 0.25) is 15.9 Å². The number of nitrogens with two attached hydrogens (primary N) is 1. The van der Waals surface area contributed by atoms with Gasteiger partial charge in [-0.1, -0.05) is 0 Å². The van der Waals surface area contributed by atoms with Gasteiger partial charge in [0.25, 0.3) is 0 Å². The summed E-state index contributed by atoms with van der Waals surface area (Å²) in [5.74, 6) is 0.357. The molecule has 1 unspecified atom stereocenters. The van der Waals surface area contributed by atoms with Crippen molar-refractivity contribution in [2.45, 2.75) is 37.1 Å². The Kier molecular flexibility index (Phi) is 5.59. The third-order valence-corrected chi connectivity index (χ3v) is 6.76. The van der Waals surface area contributed by atoms with E-state index < -0.39 is 10.0 Å². The normalized spacial score (nSPS) is 18.2. The number of fused-ring (bicyclic) bond motifs is 1. The molecule has 1 saturated carbocycles. The van der Waals surface area contributed by atoms with Gasteiger partial charge in [0.15, 0.2) is 0 Å². The van der Waals surface area contributed by atoms with Crippen LogP contribution in [0.25, 0.3) is 0 Å². The molecule has 1 aromatic rings. The predicted molar refractivity (Wildman–Crippen MR) is 95.9 cm³/mol. The van der Waals surface area contributed by atoms with E-state index in [4.69, 9.17) is 5.73 Å². The topological polar surface area (TPSA) is 83.7 Å². The molecule has 24 heavy (non-hydrogen) atoms. The van der Waals surface area contributed by atoms with E-state index in [9.17, 15) is 13.2 Å². The van der Waals surface area contributed by atoms with Crippen LogP contribution in [0.1, 0.15) is 25.3 Å². The number of nitrogens with zero attached hydrogens (tertiary/aromatic N) is 2. The van der Waals surface area contributed by atoms with E-state index in [1.807, 2.05) is 0 Å². The van der Waals surface area contributed by atoms with E-state index in [0.717, 1.165) is 24.1 Å². The molecule has 3 rings (SSSR count). The molecular formula is C16H24ClN3O3S. The summed E-state index contributed by atoms with van der Waals surface area (Å²) in [6.07, 6.45) is 2.77. The van der Waals surface area contributed by atoms with Crippen LogP contribution in [0.2, 0.25) is 0 Å². The van der Waals surface area contributed by atoms with Gasteiger partial charge < -0.3 is 10.6 Å². The average molecular weight is 374 g/mol. The molecule has 2 aliphatic rings. The maximum absolute atomic E-state index is 12.9. The molecule has 1 amide bonds. The molecule has 1 aromatic carbocycles. The zero-order valence-electron chi connectivity index (χ0n) is 13.9. The van der Waals surface area contributed by atoms with Crippen molar-refractivity contribution in [2.24, 2.45) is 11.7 Å². The number of rotatable bonds is 5. The smallest absolute Gasteiger partial charge is 0.243 e. The van der Waals surface area contributed by atoms with Crippen LogP contribution < -0.4 is 10.6 Å². The maximum atomic E-state index is 12.9. The van der Waals surface area contributed by atoms with Crippen molar-refractivity contribution in [3.05, 3.63) is 23.8 Å². The highest BCUT2D eigenvalue weighted by Crippen LogP contribution is 2.37. The van der Waals surface area contributed by atoms with Gasteiger partial charge in [-0.2, -0.15) is 4.31 Å². The van der Waals surface area contributed by atoms with Crippen molar-refractivity contribution < 1.29 is 13.2 Å². The zero-order valence-corrected chi connectivity index (χ0v) is 15.6. The average Bonchev–Trinajstić information content (AvgIpc) is 3.25. The number of hydrogen-bond acceptors (Lipinski definition) is 4. The molecule has 0 bridgehead atoms. The minimum absolute atomic E-state index is 0. The molecule has 8 heteroatoms. The first-order valence-electron chi connectivity index (χ1n) is 7.95. The molecule has 0 radical (unpaired) electrons. The number of carbonyl (C=O) groups is 1. The molecule has 6 nitrogen and oxygen atoms in total. The quantitative estimate of drug-likeness (QED) is 0.845. The Morgan fingerprint density at radius 2 is 2.08 bits per heavy atom. The van der Waals surface area contributed by atoms with Crippen LogP contribution in [0, 0.1) is 5.92 Å². The highest BCUT2D eigenvalue weighted by atomic mass is 35.5. The fraction of sp³-hybridized carbons (Fsp3) is 0.562. The van der Waals surface area contributed by atoms with E-state index in [-0.39, 0.29) is 29.3 Å². The summed E-state index contributed by atoms with van der Waals surface area (Å²) in [6.45, 7) is 2.47. The minimum atomic E-state index is -3.56. The Morgan fingerprint density at radius 1 is 1.42 bits per heavy atom. The van der Waals surface area contributed by atoms with E-state index in [1.165, 1.54) is 11.2 Å². The molecule has 0 aromatic heterocycles. The van der Waals surface area contributed by atoms with E-state index in [2.05, 4.69) is 0 Å². The molecule has 1 fully saturated rings. The first-order valence-corrected chi connectivity index (χ1v) is 9.39. The third-order valence-electron chi connectivity index (χ3n) is 4.88. The summed E-state index contributed by atoms with van der Waals surface area (Å²) in [7, 11) is -1.95. The number of anilines is 1. The lowest BCUT2D eigenvalue weighted by Gasteiger charge is -2.26. The molecule has 0 spiro atoms. The van der Waals surface area contributed by atoms with Crippen LogP contribution >= 0.6 is 12.4 Å². The SMILES string of the molecule is CC(=O)N1CCc2cc(S(=O)(=O)N(C)C(CN)C3CC3)ccc21.Cl. The summed E-state index contributed by atoms with van der Waals surface area (Å²) < 4.78 is 27.2. The fourth-order valence-corrected chi connectivity index (χ4v) is 4.81.